The van der Waals surface area contributed by atoms with Crippen molar-refractivity contribution in [3.8, 4) is 0 Å². The zero-order valence-electron chi connectivity index (χ0n) is 11.6. The van der Waals surface area contributed by atoms with Gasteiger partial charge in [0.2, 0.25) is 0 Å². The molecule has 5 nitrogen and oxygen atoms in total. The highest BCUT2D eigenvalue weighted by Crippen LogP contribution is 2.76. The number of epoxide rings is 2. The van der Waals surface area contributed by atoms with Crippen LogP contribution in [0.5, 0.6) is 0 Å². The molecule has 3 heterocycles. The highest BCUT2D eigenvalue weighted by molar-refractivity contribution is 5.79. The van der Waals surface area contributed by atoms with E-state index in [-0.39, 0.29) is 30.2 Å². The Morgan fingerprint density at radius 2 is 2.15 bits per heavy atom. The Morgan fingerprint density at radius 1 is 1.45 bits per heavy atom. The summed E-state index contributed by atoms with van der Waals surface area (Å²) in [5.41, 5.74) is -1.17. The van der Waals surface area contributed by atoms with Crippen molar-refractivity contribution < 1.29 is 24.1 Å². The van der Waals surface area contributed by atoms with Crippen molar-refractivity contribution in [3.05, 3.63) is 12.2 Å². The van der Waals surface area contributed by atoms with E-state index >= 15 is 0 Å². The Hall–Kier alpha value is -0.910. The van der Waals surface area contributed by atoms with Gasteiger partial charge in [-0.3, -0.25) is 4.79 Å². The highest BCUT2D eigenvalue weighted by atomic mass is 16.7. The molecule has 5 rings (SSSR count). The molecule has 5 fully saturated rings. The van der Waals surface area contributed by atoms with Crippen LogP contribution < -0.4 is 0 Å². The Labute approximate surface area is 116 Å². The van der Waals surface area contributed by atoms with Gasteiger partial charge in [0.25, 0.3) is 0 Å². The van der Waals surface area contributed by atoms with Crippen LogP contribution in [-0.2, 0) is 19.0 Å². The number of carbonyl (C=O) groups is 1. The van der Waals surface area contributed by atoms with Crippen LogP contribution >= 0.6 is 0 Å². The Bertz CT molecular complexity index is 567. The molecule has 2 saturated carbocycles. The lowest BCUT2D eigenvalue weighted by molar-refractivity contribution is -0.185. The molecule has 5 heteroatoms. The van der Waals surface area contributed by atoms with Crippen molar-refractivity contribution in [1.29, 1.82) is 0 Å². The van der Waals surface area contributed by atoms with Crippen LogP contribution in [0.3, 0.4) is 0 Å². The first-order chi connectivity index (χ1) is 9.37. The molecule has 0 unspecified atom stereocenters. The Morgan fingerprint density at radius 3 is 2.75 bits per heavy atom. The molecule has 0 aromatic carbocycles. The van der Waals surface area contributed by atoms with Gasteiger partial charge in [0.1, 0.15) is 29.5 Å². The molecular weight excluding hydrogens is 260 g/mol. The fourth-order valence-electron chi connectivity index (χ4n) is 5.47. The van der Waals surface area contributed by atoms with Crippen LogP contribution in [0, 0.1) is 17.3 Å². The molecule has 2 bridgehead atoms. The van der Waals surface area contributed by atoms with E-state index in [1.807, 2.05) is 13.8 Å². The standard InChI is InChI=1S/C15H18O5/c1-6(2)8-7-4-13(3)14(5-18-14)10-11(20-10)15(13,17)9(8)12(16)19-7/h7-11,17H,1,4-5H2,2-3H3/t7-,8+,9+,10+,11+,13-,14-,15-/m1/s1. The molecule has 0 aromatic rings. The molecular formula is C15H18O5. The Balaban J connectivity index is 1.72. The van der Waals surface area contributed by atoms with Crippen molar-refractivity contribution in [2.45, 2.75) is 49.8 Å². The third-order valence-corrected chi connectivity index (χ3v) is 6.59. The summed E-state index contributed by atoms with van der Waals surface area (Å²) in [6.07, 6.45) is 0.0809. The zero-order chi connectivity index (χ0) is 14.1. The monoisotopic (exact) mass is 278 g/mol. The Kier molecular flexibility index (Phi) is 1.67. The minimum atomic E-state index is -1.19. The maximum absolute atomic E-state index is 12.3. The van der Waals surface area contributed by atoms with Gasteiger partial charge in [-0.2, -0.15) is 0 Å². The van der Waals surface area contributed by atoms with Gasteiger partial charge < -0.3 is 19.3 Å². The van der Waals surface area contributed by atoms with Crippen molar-refractivity contribution in [3.63, 3.8) is 0 Å². The average Bonchev–Trinajstić information content (AvgIpc) is 3.20. The fraction of sp³-hybridized carbons (Fsp3) is 0.800. The first-order valence-electron chi connectivity index (χ1n) is 7.24. The fourth-order valence-corrected chi connectivity index (χ4v) is 5.47. The van der Waals surface area contributed by atoms with Crippen molar-refractivity contribution >= 4 is 5.97 Å². The van der Waals surface area contributed by atoms with Gasteiger partial charge in [0, 0.05) is 11.3 Å². The summed E-state index contributed by atoms with van der Waals surface area (Å²) in [5, 5.41) is 11.5. The number of ether oxygens (including phenoxy) is 3. The molecule has 0 aromatic heterocycles. The third kappa shape index (κ3) is 0.875. The van der Waals surface area contributed by atoms with E-state index in [0.717, 1.165) is 5.57 Å². The zero-order valence-corrected chi connectivity index (χ0v) is 11.6. The van der Waals surface area contributed by atoms with Gasteiger partial charge in [0.05, 0.1) is 12.5 Å². The average molecular weight is 278 g/mol. The summed E-state index contributed by atoms with van der Waals surface area (Å²) in [5.74, 6) is -0.983. The highest BCUT2D eigenvalue weighted by Gasteiger charge is 2.92. The number of esters is 1. The molecule has 1 N–H and O–H groups in total. The van der Waals surface area contributed by atoms with E-state index < -0.39 is 22.5 Å². The largest absolute Gasteiger partial charge is 0.461 e. The van der Waals surface area contributed by atoms with Gasteiger partial charge in [-0.1, -0.05) is 19.1 Å². The third-order valence-electron chi connectivity index (χ3n) is 6.59. The van der Waals surface area contributed by atoms with Crippen LogP contribution in [-0.4, -0.2) is 47.2 Å². The van der Waals surface area contributed by atoms with E-state index in [1.165, 1.54) is 0 Å². The lowest BCUT2D eigenvalue weighted by Gasteiger charge is -2.51. The molecule has 0 amide bonds. The molecule has 2 aliphatic carbocycles. The minimum Gasteiger partial charge on any atom is -0.461 e. The molecule has 3 aliphatic heterocycles. The number of hydrogen-bond donors (Lipinski definition) is 1. The number of carbonyl (C=O) groups excluding carboxylic acids is 1. The van der Waals surface area contributed by atoms with Crippen LogP contribution in [0.25, 0.3) is 0 Å². The number of aliphatic hydroxyl groups is 1. The molecule has 0 radical (unpaired) electrons. The predicted octanol–water partition coefficient (Wildman–Crippen LogP) is 0.411. The summed E-state index contributed by atoms with van der Waals surface area (Å²) in [6.45, 7) is 8.55. The van der Waals surface area contributed by atoms with Gasteiger partial charge >= 0.3 is 5.97 Å². The van der Waals surface area contributed by atoms with Crippen molar-refractivity contribution in [1.82, 2.24) is 0 Å². The lowest BCUT2D eigenvalue weighted by Crippen LogP contribution is -2.64. The molecule has 20 heavy (non-hydrogen) atoms. The van der Waals surface area contributed by atoms with Crippen LogP contribution in [0.1, 0.15) is 20.3 Å². The molecule has 1 spiro atoms. The normalized spacial score (nSPS) is 64.8. The second kappa shape index (κ2) is 2.85. The SMILES string of the molecule is C=C(C)[C@@H]1[C@H]2C(=O)O[C@@H]1C[C@@]1(C)[C@]2(O)[C@H]2O[C@@H]2[C@]12CO2. The van der Waals surface area contributed by atoms with Gasteiger partial charge in [0.15, 0.2) is 0 Å². The lowest BCUT2D eigenvalue weighted by atomic mass is 9.54. The van der Waals surface area contributed by atoms with E-state index in [9.17, 15) is 9.90 Å². The van der Waals surface area contributed by atoms with Crippen LogP contribution in [0.4, 0.5) is 0 Å². The summed E-state index contributed by atoms with van der Waals surface area (Å²) in [7, 11) is 0. The van der Waals surface area contributed by atoms with E-state index in [4.69, 9.17) is 14.2 Å². The summed E-state index contributed by atoms with van der Waals surface area (Å²) >= 11 is 0. The second-order valence-electron chi connectivity index (χ2n) is 7.34. The second-order valence-corrected chi connectivity index (χ2v) is 7.34. The minimum absolute atomic E-state index is 0.0598. The summed E-state index contributed by atoms with van der Waals surface area (Å²) < 4.78 is 17.0. The first-order valence-corrected chi connectivity index (χ1v) is 7.24. The van der Waals surface area contributed by atoms with Gasteiger partial charge in [-0.05, 0) is 13.3 Å². The van der Waals surface area contributed by atoms with Crippen LogP contribution in [0.2, 0.25) is 0 Å². The van der Waals surface area contributed by atoms with E-state index in [1.54, 1.807) is 0 Å². The smallest absolute Gasteiger partial charge is 0.313 e. The number of hydrogen-bond acceptors (Lipinski definition) is 5. The maximum Gasteiger partial charge on any atom is 0.313 e. The predicted molar refractivity (Wildman–Crippen MR) is 66.7 cm³/mol. The molecule has 5 aliphatic rings. The molecule has 108 valence electrons. The van der Waals surface area contributed by atoms with Crippen molar-refractivity contribution in [2.75, 3.05) is 6.61 Å². The maximum atomic E-state index is 12.3. The number of fused-ring (bicyclic) bond motifs is 8. The van der Waals surface area contributed by atoms with E-state index in [2.05, 4.69) is 6.58 Å². The summed E-state index contributed by atoms with van der Waals surface area (Å²) in [4.78, 5) is 12.3. The summed E-state index contributed by atoms with van der Waals surface area (Å²) in [6, 6.07) is 0. The number of rotatable bonds is 1. The topological polar surface area (TPSA) is 71.6 Å². The van der Waals surface area contributed by atoms with Crippen molar-refractivity contribution in [2.24, 2.45) is 17.3 Å². The quantitative estimate of drug-likeness (QED) is 0.427. The van der Waals surface area contributed by atoms with Crippen LogP contribution in [0.15, 0.2) is 12.2 Å². The molecule has 3 saturated heterocycles. The van der Waals surface area contributed by atoms with Gasteiger partial charge in [-0.25, -0.2) is 0 Å². The van der Waals surface area contributed by atoms with E-state index in [0.29, 0.717) is 13.0 Å². The first kappa shape index (κ1) is 11.7. The molecule has 8 atom stereocenters. The van der Waals surface area contributed by atoms with Gasteiger partial charge in [-0.15, -0.1) is 0 Å².